The van der Waals surface area contributed by atoms with Crippen LogP contribution in [0.4, 0.5) is 0 Å². The molecular formula is C29H33BrN2O2. The molecule has 4 nitrogen and oxygen atoms in total. The molecule has 1 N–H and O–H groups in total. The Morgan fingerprint density at radius 2 is 1.47 bits per heavy atom. The third kappa shape index (κ3) is 7.04. The molecule has 0 bridgehead atoms. The first-order valence-corrected chi connectivity index (χ1v) is 12.6. The highest BCUT2D eigenvalue weighted by Crippen LogP contribution is 2.29. The van der Waals surface area contributed by atoms with Crippen molar-refractivity contribution in [3.8, 4) is 0 Å². The molecular weight excluding hydrogens is 488 g/mol. The number of amides is 2. The van der Waals surface area contributed by atoms with Crippen LogP contribution in [0.5, 0.6) is 0 Å². The van der Waals surface area contributed by atoms with Crippen molar-refractivity contribution in [2.75, 3.05) is 0 Å². The largest absolute Gasteiger partial charge is 0.352 e. The second kappa shape index (κ2) is 12.5. The van der Waals surface area contributed by atoms with Gasteiger partial charge in [0, 0.05) is 29.4 Å². The highest BCUT2D eigenvalue weighted by Gasteiger charge is 2.29. The first-order chi connectivity index (χ1) is 16.4. The fraction of sp³-hybridized carbons (Fsp3) is 0.310. The standard InChI is InChI=1S/C29H33BrN2O2/c1-4-21(2)31-29(34)22(3)32(20-23-12-11-17-26(30)18-23)28(33)19-27(24-13-7-5-8-14-24)25-15-9-6-10-16-25/h5-18,21-22,27H,4,19-20H2,1-3H3,(H,31,34)/t21-,22-/m1/s1. The molecule has 0 aliphatic heterocycles. The van der Waals surface area contributed by atoms with E-state index in [0.717, 1.165) is 27.6 Å². The number of rotatable bonds is 10. The molecule has 3 aromatic carbocycles. The molecule has 34 heavy (non-hydrogen) atoms. The van der Waals surface area contributed by atoms with Gasteiger partial charge in [-0.1, -0.05) is 95.7 Å². The molecule has 0 aliphatic rings. The molecule has 0 saturated heterocycles. The molecule has 2 amide bonds. The molecule has 3 aromatic rings. The number of benzene rings is 3. The minimum atomic E-state index is -0.590. The lowest BCUT2D eigenvalue weighted by atomic mass is 9.88. The Bertz CT molecular complexity index is 1030. The molecule has 3 rings (SSSR count). The van der Waals surface area contributed by atoms with Crippen LogP contribution in [0.25, 0.3) is 0 Å². The quantitative estimate of drug-likeness (QED) is 0.340. The normalized spacial score (nSPS) is 12.7. The Hall–Kier alpha value is -2.92. The van der Waals surface area contributed by atoms with Crippen LogP contribution in [0.1, 0.15) is 56.2 Å². The first-order valence-electron chi connectivity index (χ1n) is 11.8. The van der Waals surface area contributed by atoms with E-state index in [1.807, 2.05) is 81.4 Å². The molecule has 0 unspecified atom stereocenters. The summed E-state index contributed by atoms with van der Waals surface area (Å²) in [6.07, 6.45) is 1.12. The number of halogens is 1. The van der Waals surface area contributed by atoms with Crippen molar-refractivity contribution < 1.29 is 9.59 Å². The fourth-order valence-electron chi connectivity index (χ4n) is 3.97. The van der Waals surface area contributed by atoms with Crippen molar-refractivity contribution in [2.45, 2.75) is 58.2 Å². The topological polar surface area (TPSA) is 49.4 Å². The summed E-state index contributed by atoms with van der Waals surface area (Å²) < 4.78 is 0.945. The molecule has 2 atom stereocenters. The van der Waals surface area contributed by atoms with E-state index in [0.29, 0.717) is 6.54 Å². The Kier molecular flexibility index (Phi) is 9.46. The SMILES string of the molecule is CC[C@@H](C)NC(=O)[C@@H](C)N(Cc1cccc(Br)c1)C(=O)CC(c1ccccc1)c1ccccc1. The van der Waals surface area contributed by atoms with Crippen molar-refractivity contribution in [2.24, 2.45) is 0 Å². The second-order valence-electron chi connectivity index (χ2n) is 8.72. The molecule has 0 spiro atoms. The number of nitrogens with zero attached hydrogens (tertiary/aromatic N) is 1. The fourth-order valence-corrected chi connectivity index (χ4v) is 4.42. The van der Waals surface area contributed by atoms with E-state index in [9.17, 15) is 9.59 Å². The summed E-state index contributed by atoms with van der Waals surface area (Å²) >= 11 is 3.52. The van der Waals surface area contributed by atoms with E-state index < -0.39 is 6.04 Å². The Morgan fingerprint density at radius 3 is 2.00 bits per heavy atom. The van der Waals surface area contributed by atoms with Crippen LogP contribution in [0.3, 0.4) is 0 Å². The zero-order chi connectivity index (χ0) is 24.5. The van der Waals surface area contributed by atoms with Crippen LogP contribution in [0.2, 0.25) is 0 Å². The van der Waals surface area contributed by atoms with E-state index >= 15 is 0 Å². The van der Waals surface area contributed by atoms with Crippen LogP contribution in [0.15, 0.2) is 89.4 Å². The van der Waals surface area contributed by atoms with Gasteiger partial charge in [0.05, 0.1) is 0 Å². The molecule has 0 radical (unpaired) electrons. The molecule has 0 aliphatic carbocycles. The summed E-state index contributed by atoms with van der Waals surface area (Å²) in [4.78, 5) is 28.6. The van der Waals surface area contributed by atoms with Crippen molar-refractivity contribution in [1.29, 1.82) is 0 Å². The van der Waals surface area contributed by atoms with Gasteiger partial charge in [-0.05, 0) is 49.1 Å². The Labute approximate surface area is 211 Å². The lowest BCUT2D eigenvalue weighted by Gasteiger charge is -2.31. The van der Waals surface area contributed by atoms with Gasteiger partial charge in [0.15, 0.2) is 0 Å². The van der Waals surface area contributed by atoms with E-state index in [-0.39, 0.29) is 30.2 Å². The molecule has 0 aromatic heterocycles. The van der Waals surface area contributed by atoms with Gasteiger partial charge in [-0.25, -0.2) is 0 Å². The van der Waals surface area contributed by atoms with Crippen LogP contribution >= 0.6 is 15.9 Å². The third-order valence-electron chi connectivity index (χ3n) is 6.19. The van der Waals surface area contributed by atoms with Gasteiger partial charge < -0.3 is 10.2 Å². The Balaban J connectivity index is 1.91. The first kappa shape index (κ1) is 25.7. The summed E-state index contributed by atoms with van der Waals surface area (Å²) in [5.41, 5.74) is 3.14. The van der Waals surface area contributed by atoms with Crippen molar-refractivity contribution in [3.63, 3.8) is 0 Å². The minimum Gasteiger partial charge on any atom is -0.352 e. The van der Waals surface area contributed by atoms with Crippen LogP contribution in [0, 0.1) is 0 Å². The Morgan fingerprint density at radius 1 is 0.882 bits per heavy atom. The summed E-state index contributed by atoms with van der Waals surface area (Å²) in [5, 5.41) is 3.04. The summed E-state index contributed by atoms with van der Waals surface area (Å²) in [5.74, 6) is -0.275. The van der Waals surface area contributed by atoms with Gasteiger partial charge in [0.1, 0.15) is 6.04 Å². The van der Waals surface area contributed by atoms with Crippen molar-refractivity contribution >= 4 is 27.7 Å². The highest BCUT2D eigenvalue weighted by molar-refractivity contribution is 9.10. The second-order valence-corrected chi connectivity index (χ2v) is 9.64. The lowest BCUT2D eigenvalue weighted by molar-refractivity contribution is -0.141. The predicted molar refractivity (Wildman–Crippen MR) is 141 cm³/mol. The summed E-state index contributed by atoms with van der Waals surface area (Å²) in [7, 11) is 0. The number of carbonyl (C=O) groups is 2. The zero-order valence-electron chi connectivity index (χ0n) is 20.1. The number of nitrogens with one attached hydrogen (secondary N) is 1. The summed E-state index contributed by atoms with van der Waals surface area (Å²) in [6, 6.07) is 27.5. The maximum Gasteiger partial charge on any atom is 0.242 e. The highest BCUT2D eigenvalue weighted by atomic mass is 79.9. The van der Waals surface area contributed by atoms with Gasteiger partial charge in [-0.3, -0.25) is 9.59 Å². The van der Waals surface area contributed by atoms with Gasteiger partial charge in [-0.2, -0.15) is 0 Å². The number of hydrogen-bond acceptors (Lipinski definition) is 2. The van der Waals surface area contributed by atoms with Gasteiger partial charge in [0.2, 0.25) is 11.8 Å². The minimum absolute atomic E-state index is 0.0514. The average Bonchev–Trinajstić information content (AvgIpc) is 2.86. The molecule has 0 heterocycles. The van der Waals surface area contributed by atoms with E-state index in [4.69, 9.17) is 0 Å². The van der Waals surface area contributed by atoms with E-state index in [1.54, 1.807) is 4.90 Å². The van der Waals surface area contributed by atoms with Crippen molar-refractivity contribution in [1.82, 2.24) is 10.2 Å². The zero-order valence-corrected chi connectivity index (χ0v) is 21.7. The average molecular weight is 521 g/mol. The maximum atomic E-state index is 13.8. The van der Waals surface area contributed by atoms with Crippen LogP contribution in [-0.2, 0) is 16.1 Å². The predicted octanol–water partition coefficient (Wildman–Crippen LogP) is 6.30. The molecule has 178 valence electrons. The number of carbonyl (C=O) groups excluding carboxylic acids is 2. The van der Waals surface area contributed by atoms with Crippen LogP contribution in [-0.4, -0.2) is 28.8 Å². The van der Waals surface area contributed by atoms with Gasteiger partial charge >= 0.3 is 0 Å². The van der Waals surface area contributed by atoms with E-state index in [1.165, 1.54) is 0 Å². The molecule has 0 fully saturated rings. The van der Waals surface area contributed by atoms with Crippen LogP contribution < -0.4 is 5.32 Å². The monoisotopic (exact) mass is 520 g/mol. The lowest BCUT2D eigenvalue weighted by Crippen LogP contribution is -2.49. The smallest absolute Gasteiger partial charge is 0.242 e. The molecule has 0 saturated carbocycles. The van der Waals surface area contributed by atoms with Crippen molar-refractivity contribution in [3.05, 3.63) is 106 Å². The molecule has 5 heteroatoms. The van der Waals surface area contributed by atoms with E-state index in [2.05, 4.69) is 45.5 Å². The maximum absolute atomic E-state index is 13.8. The van der Waals surface area contributed by atoms with Gasteiger partial charge in [0.25, 0.3) is 0 Å². The number of hydrogen-bond donors (Lipinski definition) is 1. The third-order valence-corrected chi connectivity index (χ3v) is 6.69. The van der Waals surface area contributed by atoms with Gasteiger partial charge in [-0.15, -0.1) is 0 Å². The summed E-state index contributed by atoms with van der Waals surface area (Å²) in [6.45, 7) is 6.19.